The van der Waals surface area contributed by atoms with Crippen LogP contribution in [0.15, 0.2) is 206 Å². The number of hydrogen-bond acceptors (Lipinski definition) is 3. The molecule has 1 aliphatic heterocycles. The van der Waals surface area contributed by atoms with Crippen molar-refractivity contribution < 1.29 is 0 Å². The van der Waals surface area contributed by atoms with Gasteiger partial charge in [-0.2, -0.15) is 0 Å². The maximum atomic E-state index is 2.76. The highest BCUT2D eigenvalue weighted by atomic mass is 15.2. The van der Waals surface area contributed by atoms with Crippen LogP contribution < -0.4 is 14.7 Å². The summed E-state index contributed by atoms with van der Waals surface area (Å²) in [6.07, 6.45) is 14.1. The summed E-state index contributed by atoms with van der Waals surface area (Å²) in [7, 11) is 0. The van der Waals surface area contributed by atoms with Crippen LogP contribution in [0.2, 0.25) is 0 Å². The van der Waals surface area contributed by atoms with Crippen LogP contribution in [0.3, 0.4) is 0 Å². The predicted octanol–water partition coefficient (Wildman–Crippen LogP) is 22.3. The molecule has 85 heavy (non-hydrogen) atoms. The molecule has 0 saturated carbocycles. The molecule has 3 aliphatic rings. The van der Waals surface area contributed by atoms with Crippen molar-refractivity contribution in [1.29, 1.82) is 0 Å². The smallest absolute Gasteiger partial charge is 0.0591 e. The van der Waals surface area contributed by atoms with Crippen molar-refractivity contribution in [3.63, 3.8) is 0 Å². The fourth-order valence-corrected chi connectivity index (χ4v) is 15.9. The first-order valence-electron chi connectivity index (χ1n) is 31.7. The van der Waals surface area contributed by atoms with Gasteiger partial charge in [0.1, 0.15) is 0 Å². The van der Waals surface area contributed by atoms with Crippen LogP contribution in [0.4, 0.5) is 51.2 Å². The van der Waals surface area contributed by atoms with Crippen LogP contribution in [-0.4, -0.2) is 4.57 Å². The Hall–Kier alpha value is -9.12. The van der Waals surface area contributed by atoms with Crippen molar-refractivity contribution in [3.8, 4) is 5.69 Å². The van der Waals surface area contributed by atoms with E-state index in [0.29, 0.717) is 0 Å². The molecule has 1 aromatic heterocycles. The van der Waals surface area contributed by atoms with Gasteiger partial charge in [-0.1, -0.05) is 160 Å². The third-order valence-electron chi connectivity index (χ3n) is 19.6. The van der Waals surface area contributed by atoms with Gasteiger partial charge in [0.15, 0.2) is 0 Å². The van der Waals surface area contributed by atoms with Gasteiger partial charge in [0.25, 0.3) is 0 Å². The van der Waals surface area contributed by atoms with E-state index in [-0.39, 0.29) is 0 Å². The number of nitrogens with zero attached hydrogens (tertiary/aromatic N) is 4. The molecule has 4 nitrogen and oxygen atoms in total. The summed E-state index contributed by atoms with van der Waals surface area (Å²) < 4.78 is 2.52. The van der Waals surface area contributed by atoms with Gasteiger partial charge in [0.05, 0.1) is 39.5 Å². The number of benzene rings is 12. The van der Waals surface area contributed by atoms with Gasteiger partial charge >= 0.3 is 0 Å². The minimum absolute atomic E-state index is 0.837. The van der Waals surface area contributed by atoms with Gasteiger partial charge in [-0.15, -0.1) is 0 Å². The third kappa shape index (κ3) is 8.15. The molecule has 13 aromatic rings. The lowest BCUT2D eigenvalue weighted by molar-refractivity contribution is 0.686. The van der Waals surface area contributed by atoms with Crippen molar-refractivity contribution >= 4 is 105 Å². The zero-order chi connectivity index (χ0) is 56.9. The van der Waals surface area contributed by atoms with Gasteiger partial charge in [-0.05, 0) is 222 Å². The van der Waals surface area contributed by atoms with Gasteiger partial charge in [0, 0.05) is 62.0 Å². The fraction of sp³-hybridized carbons (Fsp3) is 0.210. The minimum atomic E-state index is 0.837. The van der Waals surface area contributed by atoms with Crippen LogP contribution in [0.5, 0.6) is 0 Å². The number of para-hydroxylation sites is 4. The van der Waals surface area contributed by atoms with Crippen molar-refractivity contribution in [3.05, 3.63) is 262 Å². The van der Waals surface area contributed by atoms with E-state index in [1.54, 1.807) is 0 Å². The van der Waals surface area contributed by atoms with E-state index in [1.807, 2.05) is 0 Å². The average Bonchev–Trinajstić information content (AvgIpc) is 1.61. The summed E-state index contributed by atoms with van der Waals surface area (Å²) in [5.74, 6) is 0. The zero-order valence-electron chi connectivity index (χ0n) is 49.6. The standard InChI is InChI=1S/C81H72N4/c1-5-23-56-50-75(84(70-39-21-28-54-25-13-16-34-61(54)70)73-47-41-52(3)80-68(73)49-58-27-15-19-37-69(58)82(80)59-30-9-7-10-31-59)66-45-43-64-57(24-6-2)51-76(67-46-44-63(56)77(66)78(64)67)85(71-40-22-29-55-26-14-17-35-62(55)71)74-48-42-53(4)81-79(74)65-36-18-20-38-72(65)83(81)60-32-11-8-12-33-60/h7-12,15,18-22,27-33,36-48,50-51H,5-6,13-14,16-17,23-26,34-35,49H2,1-4H3. The molecule has 0 spiro atoms. The van der Waals surface area contributed by atoms with E-state index in [4.69, 9.17) is 0 Å². The molecule has 0 fully saturated rings. The highest BCUT2D eigenvalue weighted by Crippen LogP contribution is 2.56. The summed E-state index contributed by atoms with van der Waals surface area (Å²) in [6.45, 7) is 9.35. The summed E-state index contributed by atoms with van der Waals surface area (Å²) in [4.78, 5) is 8.04. The van der Waals surface area contributed by atoms with Crippen LogP contribution in [0.1, 0.15) is 108 Å². The highest BCUT2D eigenvalue weighted by molar-refractivity contribution is 6.30. The van der Waals surface area contributed by atoms with Crippen LogP contribution >= 0.6 is 0 Å². The third-order valence-corrected chi connectivity index (χ3v) is 19.6. The van der Waals surface area contributed by atoms with Gasteiger partial charge in [0.2, 0.25) is 0 Å². The number of aromatic nitrogens is 1. The summed E-state index contributed by atoms with van der Waals surface area (Å²) in [5.41, 5.74) is 29.1. The Bertz CT molecular complexity index is 4760. The van der Waals surface area contributed by atoms with Crippen LogP contribution in [0, 0.1) is 13.8 Å². The summed E-state index contributed by atoms with van der Waals surface area (Å²) in [5, 5.41) is 10.7. The fourth-order valence-electron chi connectivity index (χ4n) is 15.9. The van der Waals surface area contributed by atoms with Crippen LogP contribution in [0.25, 0.3) is 59.8 Å². The first-order valence-corrected chi connectivity index (χ1v) is 31.7. The van der Waals surface area contributed by atoms with E-state index < -0.39 is 0 Å². The van der Waals surface area contributed by atoms with Crippen molar-refractivity contribution in [2.75, 3.05) is 14.7 Å². The molecule has 0 radical (unpaired) electrons. The maximum absolute atomic E-state index is 2.76. The summed E-state index contributed by atoms with van der Waals surface area (Å²) >= 11 is 0. The second-order valence-corrected chi connectivity index (χ2v) is 24.6. The number of fused-ring (bicyclic) bond motifs is 7. The van der Waals surface area contributed by atoms with E-state index in [0.717, 1.165) is 57.8 Å². The molecular formula is C81H72N4. The molecule has 0 bridgehead atoms. The van der Waals surface area contributed by atoms with Crippen molar-refractivity contribution in [2.45, 2.75) is 111 Å². The van der Waals surface area contributed by atoms with Crippen LogP contribution in [-0.2, 0) is 44.9 Å². The highest BCUT2D eigenvalue weighted by Gasteiger charge is 2.34. The molecule has 0 saturated heterocycles. The maximum Gasteiger partial charge on any atom is 0.0591 e. The lowest BCUT2D eigenvalue weighted by Crippen LogP contribution is -2.23. The molecule has 2 heterocycles. The van der Waals surface area contributed by atoms with Gasteiger partial charge in [-0.3, -0.25) is 0 Å². The van der Waals surface area contributed by atoms with Crippen molar-refractivity contribution in [1.82, 2.24) is 4.57 Å². The molecule has 0 amide bonds. The number of hydrogen-bond donors (Lipinski definition) is 0. The lowest BCUT2D eigenvalue weighted by atomic mass is 9.85. The molecule has 0 unspecified atom stereocenters. The molecule has 16 rings (SSSR count). The van der Waals surface area contributed by atoms with E-state index in [1.165, 1.54) is 192 Å². The zero-order valence-corrected chi connectivity index (χ0v) is 49.6. The Kier molecular flexibility index (Phi) is 12.7. The van der Waals surface area contributed by atoms with Gasteiger partial charge in [-0.25, -0.2) is 0 Å². The molecule has 12 aromatic carbocycles. The van der Waals surface area contributed by atoms with Crippen molar-refractivity contribution in [2.24, 2.45) is 0 Å². The topological polar surface area (TPSA) is 14.7 Å². The second-order valence-electron chi connectivity index (χ2n) is 24.6. The van der Waals surface area contributed by atoms with E-state index in [2.05, 4.69) is 253 Å². The quantitative estimate of drug-likeness (QED) is 0.113. The predicted molar refractivity (Wildman–Crippen MR) is 362 cm³/mol. The molecule has 2 aliphatic carbocycles. The summed E-state index contributed by atoms with van der Waals surface area (Å²) in [6, 6.07) is 79.7. The second kappa shape index (κ2) is 20.9. The number of aryl methyl sites for hydroxylation is 6. The Morgan fingerprint density at radius 2 is 0.882 bits per heavy atom. The average molecular weight is 1100 g/mol. The lowest BCUT2D eigenvalue weighted by Gasteiger charge is -2.39. The normalized spacial score (nSPS) is 13.9. The van der Waals surface area contributed by atoms with Gasteiger partial charge < -0.3 is 19.3 Å². The molecular weight excluding hydrogens is 1030 g/mol. The molecule has 0 atom stereocenters. The first kappa shape index (κ1) is 51.5. The first-order chi connectivity index (χ1) is 42.0. The minimum Gasteiger partial charge on any atom is -0.310 e. The Balaban J connectivity index is 1.02. The SMILES string of the molecule is CCCc1cc(N(c2cccc3c2CCCC3)c2ccc(C)c3c2Cc2ccccc2N3c2ccccc2)c2ccc3c(CCC)cc(N(c4cccc5c4CCCC5)c4ccc(C)c5c4c4ccccc4n5-c4ccccc4)c4ccc1c2c34. The number of rotatable bonds is 12. The molecule has 416 valence electrons. The largest absolute Gasteiger partial charge is 0.310 e. The van der Waals surface area contributed by atoms with E-state index in [9.17, 15) is 0 Å². The molecule has 4 heteroatoms. The Morgan fingerprint density at radius 1 is 0.376 bits per heavy atom. The number of anilines is 9. The monoisotopic (exact) mass is 1100 g/mol. The Morgan fingerprint density at radius 3 is 1.52 bits per heavy atom. The molecule has 0 N–H and O–H groups in total. The Labute approximate surface area is 500 Å². The van der Waals surface area contributed by atoms with E-state index >= 15 is 0 Å².